The normalized spacial score (nSPS) is 11.1. The molecule has 4 amide bonds. The van der Waals surface area contributed by atoms with Crippen LogP contribution in [-0.4, -0.2) is 62.8 Å². The Bertz CT molecular complexity index is 1460. The van der Waals surface area contributed by atoms with Gasteiger partial charge in [0.1, 0.15) is 11.8 Å². The molecule has 0 aliphatic rings. The number of benzene rings is 3. The minimum atomic E-state index is -1.06. The van der Waals surface area contributed by atoms with Gasteiger partial charge in [0.05, 0.1) is 39.9 Å². The van der Waals surface area contributed by atoms with Gasteiger partial charge in [-0.1, -0.05) is 30.3 Å². The van der Waals surface area contributed by atoms with Crippen LogP contribution in [0, 0.1) is 6.92 Å². The van der Waals surface area contributed by atoms with Gasteiger partial charge in [0, 0.05) is 18.7 Å². The maximum Gasteiger partial charge on any atom is 0.323 e. The van der Waals surface area contributed by atoms with Crippen molar-refractivity contribution in [3.05, 3.63) is 77.4 Å². The number of nitrogens with one attached hydrogen (secondary N) is 4. The lowest BCUT2D eigenvalue weighted by Crippen LogP contribution is -2.48. The first kappa shape index (κ1) is 32.3. The van der Waals surface area contributed by atoms with Gasteiger partial charge in [-0.15, -0.1) is 0 Å². The van der Waals surface area contributed by atoms with Gasteiger partial charge in [-0.25, -0.2) is 4.79 Å². The number of anilines is 2. The van der Waals surface area contributed by atoms with Crippen molar-refractivity contribution in [2.24, 2.45) is 0 Å². The molecule has 3 aromatic carbocycles. The number of ether oxygens (including phenoxy) is 3. The van der Waals surface area contributed by atoms with E-state index in [9.17, 15) is 19.2 Å². The number of hydrogen-bond donors (Lipinski definition) is 5. The number of carbonyl (C=O) groups is 4. The molecule has 1 atom stereocenters. The lowest BCUT2D eigenvalue weighted by Gasteiger charge is -2.20. The zero-order chi connectivity index (χ0) is 31.4. The molecule has 0 aromatic heterocycles. The third kappa shape index (κ3) is 9.66. The molecule has 0 saturated heterocycles. The summed E-state index contributed by atoms with van der Waals surface area (Å²) in [6.45, 7) is 1.80. The molecular weight excluding hydrogens is 556 g/mol. The molecule has 228 valence electrons. The smallest absolute Gasteiger partial charge is 0.323 e. The van der Waals surface area contributed by atoms with Crippen molar-refractivity contribution in [3.63, 3.8) is 0 Å². The molecule has 1 unspecified atom stereocenters. The number of amides is 4. The van der Waals surface area contributed by atoms with E-state index in [1.165, 1.54) is 21.3 Å². The highest BCUT2D eigenvalue weighted by Crippen LogP contribution is 2.28. The fourth-order valence-electron chi connectivity index (χ4n) is 4.24. The van der Waals surface area contributed by atoms with Crippen LogP contribution in [0.4, 0.5) is 16.2 Å². The van der Waals surface area contributed by atoms with Crippen LogP contribution in [0.2, 0.25) is 0 Å². The van der Waals surface area contributed by atoms with Gasteiger partial charge in [-0.05, 0) is 53.9 Å². The first-order valence-corrected chi connectivity index (χ1v) is 13.4. The number of carbonyl (C=O) groups excluding carboxylic acids is 3. The monoisotopic (exact) mass is 592 g/mol. The molecule has 0 heterocycles. The van der Waals surface area contributed by atoms with Crippen LogP contribution >= 0.6 is 0 Å². The predicted octanol–water partition coefficient (Wildman–Crippen LogP) is 3.53. The second-order valence-electron chi connectivity index (χ2n) is 9.55. The fourth-order valence-corrected chi connectivity index (χ4v) is 4.24. The Labute approximate surface area is 249 Å². The SMILES string of the molecule is COc1cc(CC(=O)NC(Cc2ccc(OC)c(OC)c2)C(=O)NCCC(=O)O)ccc1NC(=O)Nc1ccccc1C. The Morgan fingerprint density at radius 2 is 1.44 bits per heavy atom. The Morgan fingerprint density at radius 1 is 0.791 bits per heavy atom. The summed E-state index contributed by atoms with van der Waals surface area (Å²) < 4.78 is 16.0. The Balaban J connectivity index is 1.70. The molecule has 3 aromatic rings. The van der Waals surface area contributed by atoms with Crippen molar-refractivity contribution in [3.8, 4) is 17.2 Å². The highest BCUT2D eigenvalue weighted by Gasteiger charge is 2.23. The third-order valence-corrected chi connectivity index (χ3v) is 6.45. The zero-order valence-electron chi connectivity index (χ0n) is 24.5. The number of rotatable bonds is 14. The Kier molecular flexibility index (Phi) is 11.7. The number of carboxylic acids is 1. The van der Waals surface area contributed by atoms with Gasteiger partial charge in [-0.3, -0.25) is 14.4 Å². The van der Waals surface area contributed by atoms with E-state index in [4.69, 9.17) is 19.3 Å². The molecule has 0 fully saturated rings. The average Bonchev–Trinajstić information content (AvgIpc) is 2.98. The minimum Gasteiger partial charge on any atom is -0.495 e. The van der Waals surface area contributed by atoms with E-state index >= 15 is 0 Å². The molecule has 43 heavy (non-hydrogen) atoms. The highest BCUT2D eigenvalue weighted by atomic mass is 16.5. The highest BCUT2D eigenvalue weighted by molar-refractivity contribution is 6.01. The van der Waals surface area contributed by atoms with Crippen LogP contribution in [-0.2, 0) is 27.2 Å². The fraction of sp³-hybridized carbons (Fsp3) is 0.290. The second-order valence-corrected chi connectivity index (χ2v) is 9.55. The summed E-state index contributed by atoms with van der Waals surface area (Å²) in [5, 5.41) is 19.8. The first-order chi connectivity index (χ1) is 20.6. The van der Waals surface area contributed by atoms with E-state index in [0.29, 0.717) is 39.8 Å². The van der Waals surface area contributed by atoms with E-state index in [2.05, 4.69) is 21.3 Å². The summed E-state index contributed by atoms with van der Waals surface area (Å²) in [6, 6.07) is 16.0. The summed E-state index contributed by atoms with van der Waals surface area (Å²) in [5.74, 6) is -0.707. The van der Waals surface area contributed by atoms with E-state index in [1.54, 1.807) is 42.5 Å². The molecular formula is C31H36N4O8. The largest absolute Gasteiger partial charge is 0.495 e. The van der Waals surface area contributed by atoms with Crippen molar-refractivity contribution in [2.75, 3.05) is 38.5 Å². The summed E-state index contributed by atoms with van der Waals surface area (Å²) in [7, 11) is 4.45. The topological polar surface area (TPSA) is 164 Å². The molecule has 3 rings (SSSR count). The van der Waals surface area contributed by atoms with E-state index in [1.807, 2.05) is 25.1 Å². The van der Waals surface area contributed by atoms with E-state index in [-0.39, 0.29) is 25.8 Å². The van der Waals surface area contributed by atoms with Crippen LogP contribution in [0.25, 0.3) is 0 Å². The predicted molar refractivity (Wildman–Crippen MR) is 161 cm³/mol. The molecule has 5 N–H and O–H groups in total. The van der Waals surface area contributed by atoms with Gasteiger partial charge in [0.2, 0.25) is 11.8 Å². The van der Waals surface area contributed by atoms with Crippen molar-refractivity contribution >= 4 is 35.2 Å². The third-order valence-electron chi connectivity index (χ3n) is 6.45. The number of aryl methyl sites for hydroxylation is 1. The molecule has 0 saturated carbocycles. The first-order valence-electron chi connectivity index (χ1n) is 13.4. The summed E-state index contributed by atoms with van der Waals surface area (Å²) in [4.78, 5) is 49.5. The van der Waals surface area contributed by atoms with Crippen LogP contribution < -0.4 is 35.5 Å². The second kappa shape index (κ2) is 15.7. The average molecular weight is 593 g/mol. The summed E-state index contributed by atoms with van der Waals surface area (Å²) in [5.41, 5.74) is 3.25. The molecule has 0 bridgehead atoms. The number of urea groups is 1. The molecule has 0 spiro atoms. The molecule has 0 radical (unpaired) electrons. The molecule has 0 aliphatic heterocycles. The number of hydrogen-bond acceptors (Lipinski definition) is 7. The number of para-hydroxylation sites is 1. The summed E-state index contributed by atoms with van der Waals surface area (Å²) in [6.07, 6.45) is -0.226. The van der Waals surface area contributed by atoms with Gasteiger partial charge in [0.25, 0.3) is 0 Å². The number of carboxylic acid groups (broad SMARTS) is 1. The van der Waals surface area contributed by atoms with Crippen molar-refractivity contribution in [1.82, 2.24) is 10.6 Å². The summed E-state index contributed by atoms with van der Waals surface area (Å²) >= 11 is 0. The minimum absolute atomic E-state index is 0.0864. The van der Waals surface area contributed by atoms with Gasteiger partial charge < -0.3 is 40.6 Å². The number of methoxy groups -OCH3 is 3. The van der Waals surface area contributed by atoms with Crippen LogP contribution in [0.5, 0.6) is 17.2 Å². The van der Waals surface area contributed by atoms with Crippen molar-refractivity contribution in [2.45, 2.75) is 32.2 Å². The van der Waals surface area contributed by atoms with Gasteiger partial charge in [0.15, 0.2) is 11.5 Å². The number of aliphatic carboxylic acids is 1. The van der Waals surface area contributed by atoms with Crippen LogP contribution in [0.1, 0.15) is 23.1 Å². The molecule has 12 heteroatoms. The quantitative estimate of drug-likeness (QED) is 0.190. The molecule has 12 nitrogen and oxygen atoms in total. The van der Waals surface area contributed by atoms with E-state index in [0.717, 1.165) is 5.56 Å². The van der Waals surface area contributed by atoms with E-state index < -0.39 is 29.9 Å². The maximum absolute atomic E-state index is 13.1. The van der Waals surface area contributed by atoms with Gasteiger partial charge in [-0.2, -0.15) is 0 Å². The van der Waals surface area contributed by atoms with Crippen LogP contribution in [0.3, 0.4) is 0 Å². The lowest BCUT2D eigenvalue weighted by atomic mass is 10.0. The lowest BCUT2D eigenvalue weighted by molar-refractivity contribution is -0.137. The molecule has 0 aliphatic carbocycles. The van der Waals surface area contributed by atoms with Crippen molar-refractivity contribution in [1.29, 1.82) is 0 Å². The Morgan fingerprint density at radius 3 is 2.12 bits per heavy atom. The van der Waals surface area contributed by atoms with Gasteiger partial charge >= 0.3 is 12.0 Å². The Hall–Kier alpha value is -5.26. The maximum atomic E-state index is 13.1. The zero-order valence-corrected chi connectivity index (χ0v) is 24.5. The van der Waals surface area contributed by atoms with Crippen molar-refractivity contribution < 1.29 is 38.5 Å². The van der Waals surface area contributed by atoms with Crippen LogP contribution in [0.15, 0.2) is 60.7 Å². The standard InChI is InChI=1S/C31H36N4O8/c1-19-7-5-6-8-22(19)34-31(40)35-23-11-9-21(16-26(23)42-3)18-28(36)33-24(30(39)32-14-13-29(37)38)15-20-10-12-25(41-2)27(17-20)43-4/h5-12,16-17,24H,13-15,18H2,1-4H3,(H,32,39)(H,33,36)(H,37,38)(H2,34,35,40).